The van der Waals surface area contributed by atoms with Crippen LogP contribution in [0.25, 0.3) is 0 Å². The van der Waals surface area contributed by atoms with Crippen molar-refractivity contribution in [3.05, 3.63) is 53.5 Å². The summed E-state index contributed by atoms with van der Waals surface area (Å²) in [4.78, 5) is 10.7. The van der Waals surface area contributed by atoms with Crippen LogP contribution >= 0.6 is 0 Å². The minimum Gasteiger partial charge on any atom is -0.484 e. The van der Waals surface area contributed by atoms with Crippen LogP contribution < -0.4 is 15.8 Å². The number of ether oxygens (including phenoxy) is 1. The van der Waals surface area contributed by atoms with Gasteiger partial charge >= 0.3 is 0 Å². The third-order valence-electron chi connectivity index (χ3n) is 3.08. The fraction of sp³-hybridized carbons (Fsp3) is 0.312. The molecule has 0 radical (unpaired) electrons. The lowest BCUT2D eigenvalue weighted by Crippen LogP contribution is -2.20. The van der Waals surface area contributed by atoms with Gasteiger partial charge in [-0.05, 0) is 43.7 Å². The second-order valence-electron chi connectivity index (χ2n) is 4.95. The first-order chi connectivity index (χ1) is 10.0. The molecule has 5 heteroatoms. The first-order valence-corrected chi connectivity index (χ1v) is 6.84. The van der Waals surface area contributed by atoms with E-state index in [1.807, 2.05) is 44.2 Å². The maximum Gasteiger partial charge on any atom is 0.255 e. The van der Waals surface area contributed by atoms with Crippen molar-refractivity contribution in [3.63, 3.8) is 0 Å². The minimum absolute atomic E-state index is 0.112. The van der Waals surface area contributed by atoms with Gasteiger partial charge in [-0.2, -0.15) is 0 Å². The number of carbonyl (C=O) groups is 1. The molecule has 0 aliphatic heterocycles. The average Bonchev–Trinajstić information content (AvgIpc) is 2.90. The van der Waals surface area contributed by atoms with Gasteiger partial charge in [-0.25, -0.2) is 0 Å². The van der Waals surface area contributed by atoms with Crippen LogP contribution in [0.15, 0.2) is 40.8 Å². The summed E-state index contributed by atoms with van der Waals surface area (Å²) in [5.41, 5.74) is 6.12. The van der Waals surface area contributed by atoms with Gasteiger partial charge in [0.05, 0.1) is 6.04 Å². The van der Waals surface area contributed by atoms with E-state index in [0.717, 1.165) is 17.1 Å². The van der Waals surface area contributed by atoms with Crippen molar-refractivity contribution < 1.29 is 13.9 Å². The molecule has 1 aromatic carbocycles. The number of hydrogen-bond acceptors (Lipinski definition) is 4. The van der Waals surface area contributed by atoms with Crippen molar-refractivity contribution in [1.82, 2.24) is 5.32 Å². The van der Waals surface area contributed by atoms with Crippen molar-refractivity contribution in [3.8, 4) is 5.75 Å². The number of primary amides is 1. The smallest absolute Gasteiger partial charge is 0.255 e. The van der Waals surface area contributed by atoms with Crippen LogP contribution in [-0.2, 0) is 11.3 Å². The molecule has 1 atom stereocenters. The zero-order valence-corrected chi connectivity index (χ0v) is 12.3. The first-order valence-electron chi connectivity index (χ1n) is 6.84. The zero-order chi connectivity index (χ0) is 15.2. The Balaban J connectivity index is 1.90. The van der Waals surface area contributed by atoms with E-state index in [2.05, 4.69) is 5.32 Å². The lowest BCUT2D eigenvalue weighted by molar-refractivity contribution is -0.119. The fourth-order valence-corrected chi connectivity index (χ4v) is 1.96. The number of aryl methyl sites for hydroxylation is 1. The number of furan rings is 1. The number of nitrogens with one attached hydrogen (secondary N) is 1. The Morgan fingerprint density at radius 3 is 2.86 bits per heavy atom. The second-order valence-corrected chi connectivity index (χ2v) is 4.95. The largest absolute Gasteiger partial charge is 0.484 e. The number of rotatable bonds is 7. The van der Waals surface area contributed by atoms with Crippen LogP contribution in [0.1, 0.15) is 30.0 Å². The lowest BCUT2D eigenvalue weighted by Gasteiger charge is -2.12. The van der Waals surface area contributed by atoms with Crippen LogP contribution in [0, 0.1) is 6.92 Å². The third kappa shape index (κ3) is 4.65. The molecule has 1 aromatic heterocycles. The molecular formula is C16H20N2O3. The van der Waals surface area contributed by atoms with Crippen LogP contribution in [0.3, 0.4) is 0 Å². The third-order valence-corrected chi connectivity index (χ3v) is 3.08. The lowest BCUT2D eigenvalue weighted by atomic mass is 10.2. The minimum atomic E-state index is -0.486. The van der Waals surface area contributed by atoms with Crippen molar-refractivity contribution in [1.29, 1.82) is 0 Å². The van der Waals surface area contributed by atoms with Crippen LogP contribution in [0.5, 0.6) is 5.75 Å². The molecule has 3 N–H and O–H groups in total. The molecule has 2 aromatic rings. The number of nitrogens with two attached hydrogens (primary N) is 1. The summed E-state index contributed by atoms with van der Waals surface area (Å²) >= 11 is 0. The quantitative estimate of drug-likeness (QED) is 0.819. The van der Waals surface area contributed by atoms with Crippen molar-refractivity contribution >= 4 is 5.91 Å². The van der Waals surface area contributed by atoms with E-state index in [9.17, 15) is 4.79 Å². The highest BCUT2D eigenvalue weighted by atomic mass is 16.5. The molecule has 0 bridgehead atoms. The van der Waals surface area contributed by atoms with Gasteiger partial charge in [0.2, 0.25) is 0 Å². The van der Waals surface area contributed by atoms with Gasteiger partial charge in [0.15, 0.2) is 6.61 Å². The summed E-state index contributed by atoms with van der Waals surface area (Å²) in [6, 6.07) is 11.6. The van der Waals surface area contributed by atoms with Gasteiger partial charge < -0.3 is 20.2 Å². The molecule has 112 valence electrons. The molecule has 0 aliphatic carbocycles. The summed E-state index contributed by atoms with van der Waals surface area (Å²) in [6.07, 6.45) is 0. The summed E-state index contributed by atoms with van der Waals surface area (Å²) in [5, 5.41) is 3.38. The highest BCUT2D eigenvalue weighted by Crippen LogP contribution is 2.17. The molecule has 0 fully saturated rings. The summed E-state index contributed by atoms with van der Waals surface area (Å²) in [7, 11) is 0. The molecule has 0 saturated heterocycles. The van der Waals surface area contributed by atoms with Crippen LogP contribution in [-0.4, -0.2) is 12.5 Å². The topological polar surface area (TPSA) is 77.5 Å². The standard InChI is InChI=1S/C16H20N2O3/c1-11-6-7-15(21-11)12(2)18-9-13-4-3-5-14(8-13)20-10-16(17)19/h3-8,12,18H,9-10H2,1-2H3,(H2,17,19). The molecule has 2 rings (SSSR count). The summed E-state index contributed by atoms with van der Waals surface area (Å²) in [6.45, 7) is 4.54. The van der Waals surface area contributed by atoms with E-state index in [1.54, 1.807) is 6.07 Å². The molecular weight excluding hydrogens is 268 g/mol. The number of amides is 1. The maximum absolute atomic E-state index is 10.7. The molecule has 1 heterocycles. The van der Waals surface area contributed by atoms with Gasteiger partial charge in [-0.15, -0.1) is 0 Å². The monoisotopic (exact) mass is 288 g/mol. The average molecular weight is 288 g/mol. The van der Waals surface area contributed by atoms with E-state index in [0.29, 0.717) is 12.3 Å². The fourth-order valence-electron chi connectivity index (χ4n) is 1.96. The highest BCUT2D eigenvalue weighted by molar-refractivity contribution is 5.75. The van der Waals surface area contributed by atoms with Crippen LogP contribution in [0.2, 0.25) is 0 Å². The molecule has 21 heavy (non-hydrogen) atoms. The molecule has 5 nitrogen and oxygen atoms in total. The van der Waals surface area contributed by atoms with Crippen molar-refractivity contribution in [2.75, 3.05) is 6.61 Å². The Hall–Kier alpha value is -2.27. The van der Waals surface area contributed by atoms with Gasteiger partial charge in [0.1, 0.15) is 17.3 Å². The molecule has 1 unspecified atom stereocenters. The summed E-state index contributed by atoms with van der Waals surface area (Å²) in [5.74, 6) is 1.96. The van der Waals surface area contributed by atoms with Crippen molar-refractivity contribution in [2.24, 2.45) is 5.73 Å². The van der Waals surface area contributed by atoms with E-state index >= 15 is 0 Å². The summed E-state index contributed by atoms with van der Waals surface area (Å²) < 4.78 is 10.9. The zero-order valence-electron chi connectivity index (χ0n) is 12.3. The SMILES string of the molecule is Cc1ccc(C(C)NCc2cccc(OCC(N)=O)c2)o1. The molecule has 0 aliphatic rings. The van der Waals surface area contributed by atoms with E-state index in [1.165, 1.54) is 0 Å². The van der Waals surface area contributed by atoms with Gasteiger partial charge in [-0.3, -0.25) is 4.79 Å². The maximum atomic E-state index is 10.7. The number of benzene rings is 1. The Labute approximate surface area is 124 Å². The Morgan fingerprint density at radius 1 is 1.38 bits per heavy atom. The van der Waals surface area contributed by atoms with Gasteiger partial charge in [-0.1, -0.05) is 12.1 Å². The number of hydrogen-bond donors (Lipinski definition) is 2. The Bertz CT molecular complexity index is 607. The Kier molecular flexibility index (Phi) is 5.00. The van der Waals surface area contributed by atoms with Gasteiger partial charge in [0.25, 0.3) is 5.91 Å². The normalized spacial score (nSPS) is 12.1. The van der Waals surface area contributed by atoms with Crippen LogP contribution in [0.4, 0.5) is 0 Å². The second kappa shape index (κ2) is 6.95. The molecule has 1 amide bonds. The predicted molar refractivity (Wildman–Crippen MR) is 79.8 cm³/mol. The molecule has 0 saturated carbocycles. The van der Waals surface area contributed by atoms with E-state index in [4.69, 9.17) is 14.9 Å². The Morgan fingerprint density at radius 2 is 2.19 bits per heavy atom. The highest BCUT2D eigenvalue weighted by Gasteiger charge is 2.09. The number of carbonyl (C=O) groups excluding carboxylic acids is 1. The molecule has 0 spiro atoms. The van der Waals surface area contributed by atoms with Gasteiger partial charge in [0, 0.05) is 6.54 Å². The van der Waals surface area contributed by atoms with E-state index < -0.39 is 5.91 Å². The predicted octanol–water partition coefficient (Wildman–Crippen LogP) is 2.30. The van der Waals surface area contributed by atoms with E-state index in [-0.39, 0.29) is 12.6 Å². The first kappa shape index (κ1) is 15.1. The van der Waals surface area contributed by atoms with Crippen molar-refractivity contribution in [2.45, 2.75) is 26.4 Å².